The molecule has 5 nitrogen and oxygen atoms in total. The summed E-state index contributed by atoms with van der Waals surface area (Å²) in [5.41, 5.74) is 8.97. The summed E-state index contributed by atoms with van der Waals surface area (Å²) >= 11 is 0. The van der Waals surface area contributed by atoms with Crippen LogP contribution in [0.15, 0.2) is 18.2 Å². The van der Waals surface area contributed by atoms with Gasteiger partial charge >= 0.3 is 5.97 Å². The summed E-state index contributed by atoms with van der Waals surface area (Å²) < 4.78 is 0. The smallest absolute Gasteiger partial charge is 0.305 e. The second-order valence-electron chi connectivity index (χ2n) is 4.91. The highest BCUT2D eigenvalue weighted by Crippen LogP contribution is 2.26. The molecule has 102 valence electrons. The molecule has 0 saturated carbocycles. The summed E-state index contributed by atoms with van der Waals surface area (Å²) in [6.07, 6.45) is 2.92. The second-order valence-corrected chi connectivity index (χ2v) is 4.91. The van der Waals surface area contributed by atoms with E-state index >= 15 is 0 Å². The number of fused-ring (bicyclic) bond motifs is 1. The predicted molar refractivity (Wildman–Crippen MR) is 72.1 cm³/mol. The van der Waals surface area contributed by atoms with Gasteiger partial charge in [-0.25, -0.2) is 0 Å². The summed E-state index contributed by atoms with van der Waals surface area (Å²) in [5.74, 6) is -1.44. The number of aryl methyl sites for hydroxylation is 2. The largest absolute Gasteiger partial charge is 0.481 e. The number of likely N-dealkylation sites (N-methyl/N-ethyl adjacent to an activating group) is 1. The molecule has 1 unspecified atom stereocenters. The maximum atomic E-state index is 12.0. The quantitative estimate of drug-likeness (QED) is 0.846. The van der Waals surface area contributed by atoms with Crippen molar-refractivity contribution in [1.29, 1.82) is 0 Å². The Balaban J connectivity index is 2.13. The molecule has 0 aliphatic heterocycles. The number of benzene rings is 1. The van der Waals surface area contributed by atoms with E-state index in [9.17, 15) is 9.59 Å². The average Bonchev–Trinajstić information content (AvgIpc) is 2.83. The molecule has 0 heterocycles. The molecule has 0 spiro atoms. The number of carbonyl (C=O) groups is 2. The Kier molecular flexibility index (Phi) is 3.85. The molecule has 1 aromatic carbocycles. The van der Waals surface area contributed by atoms with Gasteiger partial charge in [-0.1, -0.05) is 6.07 Å². The lowest BCUT2D eigenvalue weighted by molar-refractivity contribution is -0.139. The first-order valence-corrected chi connectivity index (χ1v) is 6.36. The van der Waals surface area contributed by atoms with Crippen LogP contribution in [0.2, 0.25) is 0 Å². The van der Waals surface area contributed by atoms with E-state index in [0.717, 1.165) is 24.9 Å². The molecule has 1 amide bonds. The molecular weight excluding hydrogens is 244 g/mol. The van der Waals surface area contributed by atoms with Crippen LogP contribution in [-0.4, -0.2) is 30.1 Å². The fourth-order valence-corrected chi connectivity index (χ4v) is 2.42. The van der Waals surface area contributed by atoms with Gasteiger partial charge < -0.3 is 15.7 Å². The number of rotatable bonds is 4. The van der Waals surface area contributed by atoms with Gasteiger partial charge in [-0.05, 0) is 42.5 Å². The van der Waals surface area contributed by atoms with E-state index in [0.29, 0.717) is 0 Å². The van der Waals surface area contributed by atoms with Crippen LogP contribution in [0.4, 0.5) is 5.69 Å². The van der Waals surface area contributed by atoms with Crippen LogP contribution in [0, 0.1) is 0 Å². The van der Waals surface area contributed by atoms with Gasteiger partial charge in [0, 0.05) is 12.7 Å². The van der Waals surface area contributed by atoms with Gasteiger partial charge in [0.15, 0.2) is 0 Å². The first kappa shape index (κ1) is 13.5. The summed E-state index contributed by atoms with van der Waals surface area (Å²) in [7, 11) is 1.63. The third-order valence-corrected chi connectivity index (χ3v) is 3.51. The minimum absolute atomic E-state index is 0.353. The maximum Gasteiger partial charge on any atom is 0.305 e. The molecule has 2 rings (SSSR count). The molecule has 5 heteroatoms. The molecule has 1 atom stereocenters. The molecule has 0 aromatic heterocycles. The van der Waals surface area contributed by atoms with Crippen LogP contribution >= 0.6 is 0 Å². The van der Waals surface area contributed by atoms with Crippen LogP contribution in [0.1, 0.15) is 24.0 Å². The Hall–Kier alpha value is -1.88. The minimum atomic E-state index is -1.07. The van der Waals surface area contributed by atoms with Crippen molar-refractivity contribution in [3.63, 3.8) is 0 Å². The van der Waals surface area contributed by atoms with Crippen molar-refractivity contribution >= 4 is 17.6 Å². The Morgan fingerprint density at radius 2 is 2.05 bits per heavy atom. The van der Waals surface area contributed by atoms with Gasteiger partial charge in [0.05, 0.1) is 12.5 Å². The number of nitrogens with zero attached hydrogens (tertiary/aromatic N) is 1. The monoisotopic (exact) mass is 262 g/mol. The minimum Gasteiger partial charge on any atom is -0.481 e. The molecule has 19 heavy (non-hydrogen) atoms. The van der Waals surface area contributed by atoms with Crippen molar-refractivity contribution in [2.24, 2.45) is 5.73 Å². The molecule has 1 aliphatic carbocycles. The lowest BCUT2D eigenvalue weighted by Crippen LogP contribution is -2.43. The SMILES string of the molecule is CN(C(=O)C(N)CC(=O)O)c1ccc2c(c1)CCC2. The first-order chi connectivity index (χ1) is 8.99. The number of nitrogens with two attached hydrogens (primary N) is 1. The van der Waals surface area contributed by atoms with Crippen molar-refractivity contribution in [3.05, 3.63) is 29.3 Å². The fourth-order valence-electron chi connectivity index (χ4n) is 2.42. The highest BCUT2D eigenvalue weighted by atomic mass is 16.4. The lowest BCUT2D eigenvalue weighted by Gasteiger charge is -2.21. The summed E-state index contributed by atoms with van der Waals surface area (Å²) in [5, 5.41) is 8.66. The van der Waals surface area contributed by atoms with Gasteiger partial charge in [-0.2, -0.15) is 0 Å². The number of hydrogen-bond donors (Lipinski definition) is 2. The van der Waals surface area contributed by atoms with Crippen molar-refractivity contribution in [3.8, 4) is 0 Å². The second kappa shape index (κ2) is 5.40. The molecular formula is C14H18N2O3. The lowest BCUT2D eigenvalue weighted by atomic mass is 10.1. The number of carboxylic acids is 1. The normalized spacial score (nSPS) is 14.8. The highest BCUT2D eigenvalue weighted by molar-refractivity contribution is 5.98. The van der Waals surface area contributed by atoms with Gasteiger partial charge in [0.25, 0.3) is 0 Å². The molecule has 1 aliphatic rings. The van der Waals surface area contributed by atoms with Gasteiger partial charge in [-0.15, -0.1) is 0 Å². The Morgan fingerprint density at radius 3 is 2.74 bits per heavy atom. The van der Waals surface area contributed by atoms with E-state index in [1.54, 1.807) is 7.05 Å². The Bertz CT molecular complexity index is 513. The van der Waals surface area contributed by atoms with Crippen LogP contribution in [0.5, 0.6) is 0 Å². The van der Waals surface area contributed by atoms with E-state index < -0.39 is 12.0 Å². The Morgan fingerprint density at radius 1 is 1.37 bits per heavy atom. The summed E-state index contributed by atoms with van der Waals surface area (Å²) in [6, 6.07) is 4.91. The van der Waals surface area contributed by atoms with Gasteiger partial charge in [0.1, 0.15) is 0 Å². The molecule has 0 fully saturated rings. The number of aliphatic carboxylic acids is 1. The van der Waals surface area contributed by atoms with E-state index in [-0.39, 0.29) is 12.3 Å². The number of amides is 1. The van der Waals surface area contributed by atoms with Crippen molar-refractivity contribution in [2.75, 3.05) is 11.9 Å². The van der Waals surface area contributed by atoms with Crippen molar-refractivity contribution in [2.45, 2.75) is 31.7 Å². The van der Waals surface area contributed by atoms with E-state index in [4.69, 9.17) is 10.8 Å². The van der Waals surface area contributed by atoms with E-state index in [1.165, 1.54) is 16.0 Å². The number of carboxylic acid groups (broad SMARTS) is 1. The average molecular weight is 262 g/mol. The first-order valence-electron chi connectivity index (χ1n) is 6.36. The molecule has 1 aromatic rings. The van der Waals surface area contributed by atoms with E-state index in [1.807, 2.05) is 18.2 Å². The Labute approximate surface area is 112 Å². The summed E-state index contributed by atoms with van der Waals surface area (Å²) in [6.45, 7) is 0. The van der Waals surface area contributed by atoms with Crippen LogP contribution in [-0.2, 0) is 22.4 Å². The van der Waals surface area contributed by atoms with Crippen LogP contribution in [0.3, 0.4) is 0 Å². The maximum absolute atomic E-state index is 12.0. The third kappa shape index (κ3) is 2.93. The molecule has 0 saturated heterocycles. The van der Waals surface area contributed by atoms with Crippen molar-refractivity contribution < 1.29 is 14.7 Å². The third-order valence-electron chi connectivity index (χ3n) is 3.51. The van der Waals surface area contributed by atoms with Gasteiger partial charge in [0.2, 0.25) is 5.91 Å². The highest BCUT2D eigenvalue weighted by Gasteiger charge is 2.22. The number of carbonyl (C=O) groups excluding carboxylic acids is 1. The number of anilines is 1. The zero-order valence-electron chi connectivity index (χ0n) is 10.9. The topological polar surface area (TPSA) is 83.6 Å². The van der Waals surface area contributed by atoms with Crippen LogP contribution < -0.4 is 10.6 Å². The zero-order chi connectivity index (χ0) is 14.0. The van der Waals surface area contributed by atoms with Crippen molar-refractivity contribution in [1.82, 2.24) is 0 Å². The molecule has 0 radical (unpaired) electrons. The number of hydrogen-bond acceptors (Lipinski definition) is 3. The fraction of sp³-hybridized carbons (Fsp3) is 0.429. The molecule has 3 N–H and O–H groups in total. The van der Waals surface area contributed by atoms with E-state index in [2.05, 4.69) is 0 Å². The standard InChI is InChI=1S/C14H18N2O3/c1-16(14(19)12(15)8-13(17)18)11-6-5-9-3-2-4-10(9)7-11/h5-7,12H,2-4,8,15H2,1H3,(H,17,18). The van der Waals surface area contributed by atoms with Gasteiger partial charge in [-0.3, -0.25) is 9.59 Å². The zero-order valence-corrected chi connectivity index (χ0v) is 10.9. The molecule has 0 bridgehead atoms. The predicted octanol–water partition coefficient (Wildman–Crippen LogP) is 0.940. The van der Waals surface area contributed by atoms with Crippen LogP contribution in [0.25, 0.3) is 0 Å². The summed E-state index contributed by atoms with van der Waals surface area (Å²) in [4.78, 5) is 24.0.